The van der Waals surface area contributed by atoms with E-state index in [2.05, 4.69) is 9.97 Å². The second-order valence-electron chi connectivity index (χ2n) is 5.89. The summed E-state index contributed by atoms with van der Waals surface area (Å²) in [5, 5.41) is 10.2. The Morgan fingerprint density at radius 2 is 2.00 bits per heavy atom. The van der Waals surface area contributed by atoms with Gasteiger partial charge in [0, 0.05) is 16.6 Å². The van der Waals surface area contributed by atoms with Crippen LogP contribution in [0.3, 0.4) is 0 Å². The highest BCUT2D eigenvalue weighted by atomic mass is 35.5. The molecule has 0 amide bonds. The largest absolute Gasteiger partial charge is 0.507 e. The molecule has 0 atom stereocenters. The van der Waals surface area contributed by atoms with Crippen LogP contribution < -0.4 is 5.56 Å². The molecule has 0 saturated heterocycles. The summed E-state index contributed by atoms with van der Waals surface area (Å²) in [6.45, 7) is 1.94. The highest BCUT2D eigenvalue weighted by Gasteiger charge is 2.15. The Hall–Kier alpha value is -2.96. The molecule has 1 N–H and O–H groups in total. The van der Waals surface area contributed by atoms with Gasteiger partial charge in [-0.25, -0.2) is 9.97 Å². The summed E-state index contributed by atoms with van der Waals surface area (Å²) in [4.78, 5) is 22.9. The number of phenols is 1. The quantitative estimate of drug-likeness (QED) is 0.511. The Labute approximate surface area is 163 Å². The van der Waals surface area contributed by atoms with Crippen molar-refractivity contribution in [1.29, 1.82) is 0 Å². The van der Waals surface area contributed by atoms with Gasteiger partial charge in [-0.3, -0.25) is 9.36 Å². The van der Waals surface area contributed by atoms with Gasteiger partial charge in [0.25, 0.3) is 5.56 Å². The van der Waals surface area contributed by atoms with E-state index in [1.165, 1.54) is 15.9 Å². The second-order valence-corrected chi connectivity index (χ2v) is 7.50. The van der Waals surface area contributed by atoms with E-state index in [0.29, 0.717) is 27.3 Å². The summed E-state index contributed by atoms with van der Waals surface area (Å²) >= 11 is 7.64. The average molecular weight is 396 g/mol. The Balaban J connectivity index is 1.98. The highest BCUT2D eigenvalue weighted by Crippen LogP contribution is 2.25. The Morgan fingerprint density at radius 3 is 2.78 bits per heavy atom. The van der Waals surface area contributed by atoms with Gasteiger partial charge in [0.15, 0.2) is 5.15 Å². The number of pyridine rings is 1. The number of rotatable bonds is 3. The maximum Gasteiger partial charge on any atom is 0.276 e. The number of phenolic OH excluding ortho intramolecular Hbond substituents is 1. The van der Waals surface area contributed by atoms with Crippen molar-refractivity contribution in [2.75, 3.05) is 0 Å². The fraction of sp³-hybridized carbons (Fsp3) is 0.0500. The van der Waals surface area contributed by atoms with Crippen molar-refractivity contribution >= 4 is 45.3 Å². The van der Waals surface area contributed by atoms with Gasteiger partial charge in [-0.2, -0.15) is 0 Å². The first-order chi connectivity index (χ1) is 13.0. The molecule has 0 saturated carbocycles. The molecule has 0 fully saturated rings. The van der Waals surface area contributed by atoms with Gasteiger partial charge in [-0.15, -0.1) is 11.3 Å². The van der Waals surface area contributed by atoms with E-state index in [0.717, 1.165) is 4.88 Å². The minimum atomic E-state index is -0.204. The molecule has 0 aliphatic heterocycles. The number of aromatic nitrogens is 3. The van der Waals surface area contributed by atoms with Gasteiger partial charge in [-0.1, -0.05) is 29.8 Å². The first-order valence-electron chi connectivity index (χ1n) is 8.15. The number of halogens is 1. The van der Waals surface area contributed by atoms with Gasteiger partial charge < -0.3 is 5.11 Å². The number of aromatic hydroxyl groups is 1. The number of hydrogen-bond donors (Lipinski definition) is 1. The molecule has 4 aromatic rings. The van der Waals surface area contributed by atoms with Crippen LogP contribution in [0.25, 0.3) is 28.1 Å². The number of fused-ring (bicyclic) bond motifs is 1. The van der Waals surface area contributed by atoms with Crippen LogP contribution in [0.15, 0.2) is 53.5 Å². The van der Waals surface area contributed by atoms with Crippen LogP contribution in [0.1, 0.15) is 16.3 Å². The summed E-state index contributed by atoms with van der Waals surface area (Å²) in [6, 6.07) is 12.3. The molecule has 27 heavy (non-hydrogen) atoms. The minimum Gasteiger partial charge on any atom is -0.507 e. The van der Waals surface area contributed by atoms with Crippen molar-refractivity contribution in [3.63, 3.8) is 0 Å². The van der Waals surface area contributed by atoms with E-state index in [1.54, 1.807) is 48.7 Å². The molecule has 0 bridgehead atoms. The van der Waals surface area contributed by atoms with Gasteiger partial charge in [0.05, 0.1) is 11.2 Å². The fourth-order valence-corrected chi connectivity index (χ4v) is 3.88. The molecular formula is C20H14ClN3O2S. The summed E-state index contributed by atoms with van der Waals surface area (Å²) in [5.41, 5.74) is 1.51. The SMILES string of the molecule is Cc1cc2nc(C=Cc3ccccc3O)n(-c3cccnc3Cl)c(=O)c2s1. The molecule has 0 radical (unpaired) electrons. The Bertz CT molecular complexity index is 1240. The molecule has 5 nitrogen and oxygen atoms in total. The zero-order chi connectivity index (χ0) is 19.0. The third-order valence-corrected chi connectivity index (χ3v) is 5.35. The van der Waals surface area contributed by atoms with Crippen molar-refractivity contribution in [1.82, 2.24) is 14.5 Å². The van der Waals surface area contributed by atoms with Crippen LogP contribution in [0.4, 0.5) is 0 Å². The second kappa shape index (κ2) is 6.98. The van der Waals surface area contributed by atoms with E-state index >= 15 is 0 Å². The van der Waals surface area contributed by atoms with Gasteiger partial charge >= 0.3 is 0 Å². The lowest BCUT2D eigenvalue weighted by atomic mass is 10.2. The van der Waals surface area contributed by atoms with Crippen LogP contribution in [-0.2, 0) is 0 Å². The van der Waals surface area contributed by atoms with E-state index in [1.807, 2.05) is 19.1 Å². The minimum absolute atomic E-state index is 0.148. The number of hydrogen-bond acceptors (Lipinski definition) is 5. The standard InChI is InChI=1S/C20H14ClN3O2S/c1-12-11-14-18(27-12)20(26)24(15-6-4-10-22-19(15)21)17(23-14)9-8-13-5-2-3-7-16(13)25/h2-11,25H,1H3. The normalized spacial score (nSPS) is 11.5. The van der Waals surface area contributed by atoms with Crippen LogP contribution in [-0.4, -0.2) is 19.6 Å². The Morgan fingerprint density at radius 1 is 1.19 bits per heavy atom. The predicted molar refractivity (Wildman–Crippen MR) is 110 cm³/mol. The Kier molecular flexibility index (Phi) is 4.51. The third-order valence-electron chi connectivity index (χ3n) is 4.03. The molecule has 4 rings (SSSR count). The molecule has 0 aliphatic rings. The van der Waals surface area contributed by atoms with Crippen LogP contribution in [0.2, 0.25) is 5.15 Å². The average Bonchev–Trinajstić information content (AvgIpc) is 3.03. The summed E-state index contributed by atoms with van der Waals surface area (Å²) < 4.78 is 2.01. The predicted octanol–water partition coefficient (Wildman–Crippen LogP) is 4.68. The van der Waals surface area contributed by atoms with Crippen LogP contribution >= 0.6 is 22.9 Å². The zero-order valence-electron chi connectivity index (χ0n) is 14.3. The lowest BCUT2D eigenvalue weighted by Gasteiger charge is -2.11. The summed E-state index contributed by atoms with van der Waals surface area (Å²) in [5.74, 6) is 0.554. The first kappa shape index (κ1) is 17.5. The third kappa shape index (κ3) is 3.25. The molecular weight excluding hydrogens is 382 g/mol. The van der Waals surface area contributed by atoms with Gasteiger partial charge in [0.1, 0.15) is 16.3 Å². The number of benzene rings is 1. The fourth-order valence-electron chi connectivity index (χ4n) is 2.80. The number of aryl methyl sites for hydroxylation is 1. The van der Waals surface area contributed by atoms with E-state index < -0.39 is 0 Å². The zero-order valence-corrected chi connectivity index (χ0v) is 15.8. The molecule has 134 valence electrons. The molecule has 0 spiro atoms. The maximum absolute atomic E-state index is 13.2. The summed E-state index contributed by atoms with van der Waals surface area (Å²) in [6.07, 6.45) is 4.96. The maximum atomic E-state index is 13.2. The molecule has 7 heteroatoms. The molecule has 3 aromatic heterocycles. The summed E-state index contributed by atoms with van der Waals surface area (Å²) in [7, 11) is 0. The van der Waals surface area contributed by atoms with Crippen molar-refractivity contribution in [2.45, 2.75) is 6.92 Å². The monoisotopic (exact) mass is 395 g/mol. The number of nitrogens with zero attached hydrogens (tertiary/aromatic N) is 3. The number of para-hydroxylation sites is 1. The molecule has 0 unspecified atom stereocenters. The molecule has 3 heterocycles. The van der Waals surface area contributed by atoms with Crippen molar-refractivity contribution in [2.24, 2.45) is 0 Å². The number of thiophene rings is 1. The lowest BCUT2D eigenvalue weighted by molar-refractivity contribution is 0.474. The molecule has 0 aliphatic carbocycles. The topological polar surface area (TPSA) is 68.0 Å². The lowest BCUT2D eigenvalue weighted by Crippen LogP contribution is -2.22. The van der Waals surface area contributed by atoms with Crippen molar-refractivity contribution in [3.8, 4) is 11.4 Å². The van der Waals surface area contributed by atoms with Crippen LogP contribution in [0, 0.1) is 6.92 Å². The van der Waals surface area contributed by atoms with E-state index in [4.69, 9.17) is 11.6 Å². The molecule has 1 aromatic carbocycles. The van der Waals surface area contributed by atoms with Gasteiger partial charge in [-0.05, 0) is 43.3 Å². The smallest absolute Gasteiger partial charge is 0.276 e. The van der Waals surface area contributed by atoms with Crippen molar-refractivity contribution in [3.05, 3.63) is 80.4 Å². The van der Waals surface area contributed by atoms with Gasteiger partial charge in [0.2, 0.25) is 0 Å². The van der Waals surface area contributed by atoms with E-state index in [-0.39, 0.29) is 16.5 Å². The van der Waals surface area contributed by atoms with Crippen molar-refractivity contribution < 1.29 is 5.11 Å². The first-order valence-corrected chi connectivity index (χ1v) is 9.34. The highest BCUT2D eigenvalue weighted by molar-refractivity contribution is 7.18. The van der Waals surface area contributed by atoms with E-state index in [9.17, 15) is 9.90 Å². The van der Waals surface area contributed by atoms with Crippen LogP contribution in [0.5, 0.6) is 5.75 Å².